The lowest BCUT2D eigenvalue weighted by molar-refractivity contribution is -0.119. The molecule has 2 heterocycles. The topological polar surface area (TPSA) is 72.7 Å². The van der Waals surface area contributed by atoms with Crippen molar-refractivity contribution in [2.75, 3.05) is 5.75 Å². The van der Waals surface area contributed by atoms with Crippen molar-refractivity contribution in [1.29, 1.82) is 0 Å². The maximum atomic E-state index is 13.4. The van der Waals surface area contributed by atoms with Gasteiger partial charge in [0.25, 0.3) is 0 Å². The van der Waals surface area contributed by atoms with Crippen LogP contribution < -0.4 is 5.32 Å². The van der Waals surface area contributed by atoms with Crippen molar-refractivity contribution in [2.45, 2.75) is 25.0 Å². The molecule has 0 aliphatic carbocycles. The van der Waals surface area contributed by atoms with E-state index in [4.69, 9.17) is 0 Å². The van der Waals surface area contributed by atoms with Crippen LogP contribution in [0.1, 0.15) is 24.8 Å². The summed E-state index contributed by atoms with van der Waals surface area (Å²) in [7, 11) is 0. The van der Waals surface area contributed by atoms with E-state index >= 15 is 0 Å². The molecule has 1 N–H and O–H groups in total. The zero-order chi connectivity index (χ0) is 18.5. The van der Waals surface area contributed by atoms with E-state index in [9.17, 15) is 9.18 Å². The molecule has 0 spiro atoms. The van der Waals surface area contributed by atoms with Crippen molar-refractivity contribution in [3.63, 3.8) is 0 Å². The number of thiophene rings is 1. The summed E-state index contributed by atoms with van der Waals surface area (Å²) < 4.78 is 14.8. The van der Waals surface area contributed by atoms with Crippen molar-refractivity contribution in [2.24, 2.45) is 5.92 Å². The van der Waals surface area contributed by atoms with Crippen molar-refractivity contribution in [1.82, 2.24) is 25.5 Å². The van der Waals surface area contributed by atoms with E-state index in [1.165, 1.54) is 28.6 Å². The van der Waals surface area contributed by atoms with E-state index < -0.39 is 0 Å². The number of thioether (sulfide) groups is 1. The summed E-state index contributed by atoms with van der Waals surface area (Å²) in [4.78, 5) is 13.5. The number of halogens is 1. The minimum atomic E-state index is -0.373. The predicted molar refractivity (Wildman–Crippen MR) is 99.9 cm³/mol. The number of tetrazole rings is 1. The van der Waals surface area contributed by atoms with E-state index in [-0.39, 0.29) is 29.4 Å². The number of hydrogen-bond donors (Lipinski definition) is 1. The van der Waals surface area contributed by atoms with Crippen LogP contribution in [0.15, 0.2) is 46.9 Å². The zero-order valence-electron chi connectivity index (χ0n) is 14.3. The van der Waals surface area contributed by atoms with Crippen LogP contribution >= 0.6 is 23.1 Å². The van der Waals surface area contributed by atoms with Gasteiger partial charge in [0.1, 0.15) is 5.82 Å². The molecule has 0 bridgehead atoms. The largest absolute Gasteiger partial charge is 0.347 e. The smallest absolute Gasteiger partial charge is 0.230 e. The number of nitrogens with zero attached hydrogens (tertiary/aromatic N) is 4. The summed E-state index contributed by atoms with van der Waals surface area (Å²) in [6.07, 6.45) is 0. The van der Waals surface area contributed by atoms with Crippen molar-refractivity contribution < 1.29 is 9.18 Å². The molecule has 0 fully saturated rings. The Labute approximate surface area is 158 Å². The highest BCUT2D eigenvalue weighted by atomic mass is 32.2. The molecule has 136 valence electrons. The van der Waals surface area contributed by atoms with Crippen LogP contribution in [0, 0.1) is 11.7 Å². The Morgan fingerprint density at radius 3 is 2.88 bits per heavy atom. The molecule has 2 aromatic heterocycles. The third-order valence-corrected chi connectivity index (χ3v) is 5.53. The molecule has 0 radical (unpaired) electrons. The van der Waals surface area contributed by atoms with Gasteiger partial charge in [0.2, 0.25) is 11.1 Å². The van der Waals surface area contributed by atoms with Gasteiger partial charge in [0.15, 0.2) is 0 Å². The Morgan fingerprint density at radius 1 is 1.35 bits per heavy atom. The van der Waals surface area contributed by atoms with Gasteiger partial charge in [0.05, 0.1) is 17.5 Å². The molecule has 3 rings (SSSR count). The second-order valence-electron chi connectivity index (χ2n) is 5.95. The van der Waals surface area contributed by atoms with Crippen molar-refractivity contribution in [3.8, 4) is 5.69 Å². The molecule has 0 saturated heterocycles. The van der Waals surface area contributed by atoms with Crippen molar-refractivity contribution in [3.05, 3.63) is 52.5 Å². The molecular weight excluding hydrogens is 373 g/mol. The van der Waals surface area contributed by atoms with Gasteiger partial charge in [-0.3, -0.25) is 4.79 Å². The van der Waals surface area contributed by atoms with E-state index in [1.807, 2.05) is 17.5 Å². The average molecular weight is 391 g/mol. The molecule has 1 atom stereocenters. The number of rotatable bonds is 7. The Hall–Kier alpha value is -2.26. The number of amides is 1. The van der Waals surface area contributed by atoms with Crippen LogP contribution in [-0.4, -0.2) is 31.9 Å². The second-order valence-corrected chi connectivity index (χ2v) is 7.87. The maximum Gasteiger partial charge on any atom is 0.230 e. The molecule has 6 nitrogen and oxygen atoms in total. The van der Waals surface area contributed by atoms with Gasteiger partial charge in [-0.25, -0.2) is 4.39 Å². The normalized spacial score (nSPS) is 12.3. The highest BCUT2D eigenvalue weighted by molar-refractivity contribution is 7.99. The summed E-state index contributed by atoms with van der Waals surface area (Å²) in [5.41, 5.74) is 0.511. The van der Waals surface area contributed by atoms with E-state index in [0.29, 0.717) is 10.8 Å². The van der Waals surface area contributed by atoms with Crippen LogP contribution in [0.3, 0.4) is 0 Å². The Kier molecular flexibility index (Phi) is 6.00. The van der Waals surface area contributed by atoms with Gasteiger partial charge in [-0.2, -0.15) is 4.68 Å². The van der Waals surface area contributed by atoms with Crippen LogP contribution in [0.4, 0.5) is 4.39 Å². The summed E-state index contributed by atoms with van der Waals surface area (Å²) in [6, 6.07) is 9.95. The zero-order valence-corrected chi connectivity index (χ0v) is 15.9. The minimum Gasteiger partial charge on any atom is -0.347 e. The van der Waals surface area contributed by atoms with Gasteiger partial charge in [-0.05, 0) is 46.0 Å². The molecule has 1 unspecified atom stereocenters. The second kappa shape index (κ2) is 8.41. The monoisotopic (exact) mass is 391 g/mol. The molecule has 26 heavy (non-hydrogen) atoms. The summed E-state index contributed by atoms with van der Waals surface area (Å²) in [5, 5.41) is 16.9. The van der Waals surface area contributed by atoms with E-state index in [2.05, 4.69) is 34.7 Å². The fraction of sp³-hybridized carbons (Fsp3) is 0.294. The molecule has 9 heteroatoms. The molecule has 0 aliphatic heterocycles. The standard InChI is InChI=1S/C17H18FN5OS2/c1-11(2)16(14-7-4-8-25-14)19-15(24)10-26-17-20-21-22-23(17)13-6-3-5-12(18)9-13/h3-9,11,16H,10H2,1-2H3,(H,19,24). The Balaban J connectivity index is 1.64. The first kappa shape index (κ1) is 18.5. The molecule has 0 saturated carbocycles. The Bertz CT molecular complexity index is 866. The summed E-state index contributed by atoms with van der Waals surface area (Å²) in [5.74, 6) is -0.0249. The molecular formula is C17H18FN5OS2. The number of nitrogens with one attached hydrogen (secondary N) is 1. The van der Waals surface area contributed by atoms with Crippen LogP contribution in [-0.2, 0) is 4.79 Å². The molecule has 1 aromatic carbocycles. The van der Waals surface area contributed by atoms with Crippen LogP contribution in [0.25, 0.3) is 5.69 Å². The van der Waals surface area contributed by atoms with Crippen LogP contribution in [0.5, 0.6) is 0 Å². The Morgan fingerprint density at radius 2 is 2.19 bits per heavy atom. The number of benzene rings is 1. The fourth-order valence-electron chi connectivity index (χ4n) is 2.42. The van der Waals surface area contributed by atoms with E-state index in [0.717, 1.165) is 4.88 Å². The third-order valence-electron chi connectivity index (χ3n) is 3.66. The third kappa shape index (κ3) is 4.47. The lowest BCUT2D eigenvalue weighted by Gasteiger charge is -2.21. The highest BCUT2D eigenvalue weighted by Gasteiger charge is 2.20. The maximum absolute atomic E-state index is 13.4. The predicted octanol–water partition coefficient (Wildman–Crippen LogP) is 3.47. The fourth-order valence-corrected chi connectivity index (χ4v) is 4.07. The van der Waals surface area contributed by atoms with Crippen LogP contribution in [0.2, 0.25) is 0 Å². The van der Waals surface area contributed by atoms with Gasteiger partial charge >= 0.3 is 0 Å². The number of hydrogen-bond acceptors (Lipinski definition) is 6. The quantitative estimate of drug-likeness (QED) is 0.625. The summed E-state index contributed by atoms with van der Waals surface area (Å²) in [6.45, 7) is 4.14. The molecule has 3 aromatic rings. The molecule has 0 aliphatic rings. The van der Waals surface area contributed by atoms with Crippen molar-refractivity contribution >= 4 is 29.0 Å². The number of carbonyl (C=O) groups excluding carboxylic acids is 1. The van der Waals surface area contributed by atoms with Gasteiger partial charge in [-0.15, -0.1) is 16.4 Å². The first-order chi connectivity index (χ1) is 12.5. The van der Waals surface area contributed by atoms with Gasteiger partial charge in [-0.1, -0.05) is 37.7 Å². The van der Waals surface area contributed by atoms with Gasteiger partial charge in [0, 0.05) is 4.88 Å². The first-order valence-electron chi connectivity index (χ1n) is 8.04. The number of carbonyl (C=O) groups is 1. The minimum absolute atomic E-state index is 0.0256. The first-order valence-corrected chi connectivity index (χ1v) is 9.91. The van der Waals surface area contributed by atoms with E-state index in [1.54, 1.807) is 23.5 Å². The SMILES string of the molecule is CC(C)C(NC(=O)CSc1nnnn1-c1cccc(F)c1)c1cccs1. The lowest BCUT2D eigenvalue weighted by atomic mass is 10.0. The average Bonchev–Trinajstić information content (AvgIpc) is 3.29. The number of aromatic nitrogens is 4. The summed E-state index contributed by atoms with van der Waals surface area (Å²) >= 11 is 2.83. The lowest BCUT2D eigenvalue weighted by Crippen LogP contribution is -2.32. The highest BCUT2D eigenvalue weighted by Crippen LogP contribution is 2.26. The van der Waals surface area contributed by atoms with Gasteiger partial charge < -0.3 is 5.32 Å². The molecule has 1 amide bonds.